The van der Waals surface area contributed by atoms with Gasteiger partial charge in [-0.1, -0.05) is 12.8 Å². The Labute approximate surface area is 112 Å². The van der Waals surface area contributed by atoms with Crippen molar-refractivity contribution in [3.63, 3.8) is 0 Å². The van der Waals surface area contributed by atoms with Gasteiger partial charge in [0.2, 0.25) is 11.8 Å². The molecule has 0 aromatic heterocycles. The molecule has 6 heteroatoms. The Hall–Kier alpha value is -1.59. The standard InChI is InChI=1S/C13H20N2O4/c1-19-11(17)7-6-10(16)14-15-13(18)12-8-4-2-3-5-9(8)12/h8-9,12H,2-7H2,1H3,(H,14,16)(H,15,18). The van der Waals surface area contributed by atoms with E-state index in [1.807, 2.05) is 0 Å². The molecule has 0 spiro atoms. The maximum Gasteiger partial charge on any atom is 0.306 e. The Kier molecular flexibility index (Phi) is 4.39. The van der Waals surface area contributed by atoms with Crippen molar-refractivity contribution in [2.24, 2.45) is 17.8 Å². The lowest BCUT2D eigenvalue weighted by Gasteiger charge is -2.06. The fraction of sp³-hybridized carbons (Fsp3) is 0.769. The Morgan fingerprint density at radius 2 is 1.68 bits per heavy atom. The van der Waals surface area contributed by atoms with E-state index in [0.29, 0.717) is 11.8 Å². The van der Waals surface area contributed by atoms with E-state index in [1.165, 1.54) is 20.0 Å². The predicted octanol–water partition coefficient (Wildman–Crippen LogP) is 0.523. The van der Waals surface area contributed by atoms with Gasteiger partial charge in [-0.2, -0.15) is 0 Å². The molecule has 2 atom stereocenters. The van der Waals surface area contributed by atoms with Crippen molar-refractivity contribution in [1.82, 2.24) is 10.9 Å². The largest absolute Gasteiger partial charge is 0.469 e. The van der Waals surface area contributed by atoms with Gasteiger partial charge in [-0.3, -0.25) is 25.2 Å². The van der Waals surface area contributed by atoms with Gasteiger partial charge >= 0.3 is 5.97 Å². The highest BCUT2D eigenvalue weighted by molar-refractivity contribution is 5.86. The van der Waals surface area contributed by atoms with Gasteiger partial charge in [0.15, 0.2) is 0 Å². The summed E-state index contributed by atoms with van der Waals surface area (Å²) in [5.74, 6) is 0.199. The molecule has 0 saturated heterocycles. The summed E-state index contributed by atoms with van der Waals surface area (Å²) in [6.45, 7) is 0. The van der Waals surface area contributed by atoms with Crippen molar-refractivity contribution in [2.75, 3.05) is 7.11 Å². The molecule has 6 nitrogen and oxygen atoms in total. The second kappa shape index (κ2) is 6.04. The lowest BCUT2D eigenvalue weighted by molar-refractivity contribution is -0.142. The highest BCUT2D eigenvalue weighted by Gasteiger charge is 2.54. The number of rotatable bonds is 4. The van der Waals surface area contributed by atoms with E-state index in [4.69, 9.17) is 0 Å². The molecule has 0 radical (unpaired) electrons. The Morgan fingerprint density at radius 1 is 1.05 bits per heavy atom. The first kappa shape index (κ1) is 13.8. The molecule has 2 saturated carbocycles. The van der Waals surface area contributed by atoms with Crippen LogP contribution in [0.15, 0.2) is 0 Å². The number of esters is 1. The average molecular weight is 268 g/mol. The molecular weight excluding hydrogens is 248 g/mol. The van der Waals surface area contributed by atoms with Crippen molar-refractivity contribution in [3.8, 4) is 0 Å². The monoisotopic (exact) mass is 268 g/mol. The van der Waals surface area contributed by atoms with E-state index < -0.39 is 5.97 Å². The number of hydrogen-bond donors (Lipinski definition) is 2. The van der Waals surface area contributed by atoms with Crippen molar-refractivity contribution >= 4 is 17.8 Å². The molecule has 2 amide bonds. The zero-order chi connectivity index (χ0) is 13.8. The van der Waals surface area contributed by atoms with Crippen molar-refractivity contribution in [1.29, 1.82) is 0 Å². The first-order chi connectivity index (χ1) is 9.13. The van der Waals surface area contributed by atoms with E-state index in [9.17, 15) is 14.4 Å². The number of hydrogen-bond acceptors (Lipinski definition) is 4. The number of carbonyl (C=O) groups is 3. The predicted molar refractivity (Wildman–Crippen MR) is 66.5 cm³/mol. The first-order valence-corrected chi connectivity index (χ1v) is 6.79. The third-order valence-corrected chi connectivity index (χ3v) is 4.07. The molecule has 0 bridgehead atoms. The van der Waals surface area contributed by atoms with Gasteiger partial charge in [0.1, 0.15) is 0 Å². The smallest absolute Gasteiger partial charge is 0.306 e. The molecule has 2 rings (SSSR count). The van der Waals surface area contributed by atoms with Crippen LogP contribution in [0.5, 0.6) is 0 Å². The van der Waals surface area contributed by atoms with E-state index in [-0.39, 0.29) is 30.6 Å². The molecule has 2 unspecified atom stereocenters. The molecule has 2 aliphatic rings. The Balaban J connectivity index is 1.64. The summed E-state index contributed by atoms with van der Waals surface area (Å²) in [6.07, 6.45) is 4.70. The Morgan fingerprint density at radius 3 is 2.26 bits per heavy atom. The molecule has 0 aliphatic heterocycles. The van der Waals surface area contributed by atoms with Gasteiger partial charge < -0.3 is 4.74 Å². The van der Waals surface area contributed by atoms with Crippen molar-refractivity contribution < 1.29 is 19.1 Å². The van der Waals surface area contributed by atoms with Crippen LogP contribution in [0.25, 0.3) is 0 Å². The van der Waals surface area contributed by atoms with E-state index in [1.54, 1.807) is 0 Å². The summed E-state index contributed by atoms with van der Waals surface area (Å²) >= 11 is 0. The van der Waals surface area contributed by atoms with E-state index >= 15 is 0 Å². The number of amides is 2. The van der Waals surface area contributed by atoms with Crippen LogP contribution < -0.4 is 10.9 Å². The van der Waals surface area contributed by atoms with Gasteiger partial charge in [0.05, 0.1) is 13.5 Å². The van der Waals surface area contributed by atoms with Gasteiger partial charge in [-0.15, -0.1) is 0 Å². The third kappa shape index (κ3) is 3.45. The number of hydrazine groups is 1. The summed E-state index contributed by atoms with van der Waals surface area (Å²) in [5, 5.41) is 0. The van der Waals surface area contributed by atoms with Crippen LogP contribution in [0, 0.1) is 17.8 Å². The highest BCUT2D eigenvalue weighted by Crippen LogP contribution is 2.55. The van der Waals surface area contributed by atoms with Crippen LogP contribution in [-0.2, 0) is 19.1 Å². The lowest BCUT2D eigenvalue weighted by atomic mass is 10.0. The number of carbonyl (C=O) groups excluding carboxylic acids is 3. The summed E-state index contributed by atoms with van der Waals surface area (Å²) in [4.78, 5) is 34.1. The summed E-state index contributed by atoms with van der Waals surface area (Å²) < 4.78 is 4.43. The quantitative estimate of drug-likeness (QED) is 0.575. The molecule has 0 aromatic rings. The number of ether oxygens (including phenoxy) is 1. The summed E-state index contributed by atoms with van der Waals surface area (Å²) in [6, 6.07) is 0. The first-order valence-electron chi connectivity index (χ1n) is 6.79. The molecule has 2 N–H and O–H groups in total. The van der Waals surface area contributed by atoms with Crippen LogP contribution in [0.3, 0.4) is 0 Å². The van der Waals surface area contributed by atoms with Crippen LogP contribution >= 0.6 is 0 Å². The Bertz CT molecular complexity index is 371. The van der Waals surface area contributed by atoms with E-state index in [0.717, 1.165) is 12.8 Å². The van der Waals surface area contributed by atoms with Crippen molar-refractivity contribution in [2.45, 2.75) is 38.5 Å². The molecule has 2 aliphatic carbocycles. The molecule has 106 valence electrons. The number of methoxy groups -OCH3 is 1. The summed E-state index contributed by atoms with van der Waals surface area (Å²) in [5.41, 5.74) is 4.80. The zero-order valence-electron chi connectivity index (χ0n) is 11.1. The molecule has 0 aromatic carbocycles. The topological polar surface area (TPSA) is 84.5 Å². The maximum atomic E-state index is 11.9. The minimum atomic E-state index is -0.435. The maximum absolute atomic E-state index is 11.9. The van der Waals surface area contributed by atoms with E-state index in [2.05, 4.69) is 15.6 Å². The third-order valence-electron chi connectivity index (χ3n) is 4.07. The van der Waals surface area contributed by atoms with Crippen LogP contribution in [0.2, 0.25) is 0 Å². The van der Waals surface area contributed by atoms with Gasteiger partial charge in [0.25, 0.3) is 0 Å². The minimum Gasteiger partial charge on any atom is -0.469 e. The number of fused-ring (bicyclic) bond motifs is 1. The molecular formula is C13H20N2O4. The van der Waals surface area contributed by atoms with Crippen molar-refractivity contribution in [3.05, 3.63) is 0 Å². The van der Waals surface area contributed by atoms with Crippen LogP contribution in [0.1, 0.15) is 38.5 Å². The minimum absolute atomic E-state index is 0.0183. The average Bonchev–Trinajstić information content (AvgIpc) is 3.16. The number of nitrogens with one attached hydrogen (secondary N) is 2. The normalized spacial score (nSPS) is 27.9. The second-order valence-electron chi connectivity index (χ2n) is 5.25. The molecule has 19 heavy (non-hydrogen) atoms. The summed E-state index contributed by atoms with van der Waals surface area (Å²) in [7, 11) is 1.27. The van der Waals surface area contributed by atoms with Gasteiger partial charge in [0, 0.05) is 12.3 Å². The lowest BCUT2D eigenvalue weighted by Crippen LogP contribution is -2.43. The SMILES string of the molecule is COC(=O)CCC(=O)NNC(=O)C1C2CCCCC21. The molecule has 2 fully saturated rings. The highest BCUT2D eigenvalue weighted by atomic mass is 16.5. The van der Waals surface area contributed by atoms with Gasteiger partial charge in [-0.05, 0) is 24.7 Å². The second-order valence-corrected chi connectivity index (χ2v) is 5.25. The molecule has 0 heterocycles. The van der Waals surface area contributed by atoms with Crippen LogP contribution in [0.4, 0.5) is 0 Å². The fourth-order valence-electron chi connectivity index (χ4n) is 2.98. The van der Waals surface area contributed by atoms with Crippen LogP contribution in [-0.4, -0.2) is 24.9 Å². The fourth-order valence-corrected chi connectivity index (χ4v) is 2.98. The van der Waals surface area contributed by atoms with Gasteiger partial charge in [-0.25, -0.2) is 0 Å². The zero-order valence-corrected chi connectivity index (χ0v) is 11.1.